The van der Waals surface area contributed by atoms with Crippen molar-refractivity contribution in [1.82, 2.24) is 14.8 Å². The van der Waals surface area contributed by atoms with Gasteiger partial charge in [0.05, 0.1) is 7.11 Å². The average molecular weight is 542 g/mol. The van der Waals surface area contributed by atoms with Crippen molar-refractivity contribution in [2.24, 2.45) is 5.92 Å². The first kappa shape index (κ1) is 27.1. The minimum Gasteiger partial charge on any atom is -0.496 e. The van der Waals surface area contributed by atoms with Crippen molar-refractivity contribution in [2.75, 3.05) is 33.5 Å². The highest BCUT2D eigenvalue weighted by Gasteiger charge is 2.26. The molecule has 3 aromatic carbocycles. The maximum atomic E-state index is 13.9. The first-order valence-electron chi connectivity index (χ1n) is 13.6. The number of ether oxygens (including phenoxy) is 3. The Labute approximate surface area is 234 Å². The number of rotatable bonds is 11. The zero-order chi connectivity index (χ0) is 28.1. The minimum absolute atomic E-state index is 0.0332. The number of hydrogen-bond donors (Lipinski definition) is 1. The van der Waals surface area contributed by atoms with Crippen LogP contribution in [0.4, 0.5) is 0 Å². The first-order chi connectivity index (χ1) is 19.4. The molecule has 208 valence electrons. The van der Waals surface area contributed by atoms with E-state index in [1.54, 1.807) is 30.2 Å². The van der Waals surface area contributed by atoms with E-state index in [1.165, 1.54) is 0 Å². The van der Waals surface area contributed by atoms with Crippen LogP contribution in [0.25, 0.3) is 10.9 Å². The molecule has 40 heavy (non-hydrogen) atoms. The van der Waals surface area contributed by atoms with Crippen molar-refractivity contribution in [3.05, 3.63) is 89.6 Å². The molecule has 0 atom stereocenters. The normalized spacial score (nSPS) is 12.1. The van der Waals surface area contributed by atoms with Gasteiger partial charge in [0.2, 0.25) is 12.7 Å². The number of amides is 2. The van der Waals surface area contributed by atoms with Gasteiger partial charge in [-0.2, -0.15) is 0 Å². The summed E-state index contributed by atoms with van der Waals surface area (Å²) in [5, 5.41) is 1.15. The van der Waals surface area contributed by atoms with Crippen LogP contribution in [-0.4, -0.2) is 60.1 Å². The zero-order valence-electron chi connectivity index (χ0n) is 23.2. The SMILES string of the molecule is COc1ccccc1CN(CCc1c[nH]c2ccccc12)C(=O)CN(CC(C)C)C(=O)c1ccc2c(c1)OCO2. The number of para-hydroxylation sites is 2. The second kappa shape index (κ2) is 12.2. The third-order valence-corrected chi connectivity index (χ3v) is 7.05. The lowest BCUT2D eigenvalue weighted by molar-refractivity contribution is -0.132. The second-order valence-electron chi connectivity index (χ2n) is 10.4. The van der Waals surface area contributed by atoms with Crippen molar-refractivity contribution in [3.8, 4) is 17.2 Å². The molecular formula is C32H35N3O5. The van der Waals surface area contributed by atoms with Gasteiger partial charge in [0.25, 0.3) is 5.91 Å². The Bertz CT molecular complexity index is 1490. The van der Waals surface area contributed by atoms with Gasteiger partial charge in [-0.25, -0.2) is 0 Å². The Balaban J connectivity index is 1.38. The molecule has 1 N–H and O–H groups in total. The monoisotopic (exact) mass is 541 g/mol. The van der Waals surface area contributed by atoms with Crippen LogP contribution in [0.3, 0.4) is 0 Å². The molecule has 2 heterocycles. The molecule has 5 rings (SSSR count). The number of aromatic amines is 1. The molecule has 1 aliphatic rings. The number of hydrogen-bond acceptors (Lipinski definition) is 5. The number of benzene rings is 3. The van der Waals surface area contributed by atoms with E-state index in [-0.39, 0.29) is 31.1 Å². The van der Waals surface area contributed by atoms with E-state index in [4.69, 9.17) is 14.2 Å². The quantitative estimate of drug-likeness (QED) is 0.280. The molecule has 2 amide bonds. The van der Waals surface area contributed by atoms with Crippen molar-refractivity contribution in [1.29, 1.82) is 0 Å². The molecule has 0 unspecified atom stereocenters. The number of nitrogens with one attached hydrogen (secondary N) is 1. The van der Waals surface area contributed by atoms with Crippen LogP contribution in [0, 0.1) is 5.92 Å². The maximum absolute atomic E-state index is 13.9. The second-order valence-corrected chi connectivity index (χ2v) is 10.4. The van der Waals surface area contributed by atoms with Gasteiger partial charge in [-0.3, -0.25) is 9.59 Å². The number of H-pyrrole nitrogens is 1. The summed E-state index contributed by atoms with van der Waals surface area (Å²) in [7, 11) is 1.63. The minimum atomic E-state index is -0.214. The number of methoxy groups -OCH3 is 1. The Morgan fingerprint density at radius 2 is 1.73 bits per heavy atom. The van der Waals surface area contributed by atoms with Gasteiger partial charge in [-0.1, -0.05) is 50.2 Å². The van der Waals surface area contributed by atoms with E-state index in [1.807, 2.05) is 67.4 Å². The highest BCUT2D eigenvalue weighted by Crippen LogP contribution is 2.33. The molecule has 0 bridgehead atoms. The van der Waals surface area contributed by atoms with Crippen molar-refractivity contribution < 1.29 is 23.8 Å². The third kappa shape index (κ3) is 6.06. The zero-order valence-corrected chi connectivity index (χ0v) is 23.2. The standard InChI is InChI=1S/C32H35N3O5/c1-22(2)18-35(32(37)23-12-13-29-30(16-23)40-21-39-29)20-31(36)34(19-25-8-4-7-11-28(25)38-3)15-14-24-17-33-27-10-6-5-9-26(24)27/h4-13,16-17,22,33H,14-15,18-21H2,1-3H3. The molecule has 8 nitrogen and oxygen atoms in total. The average Bonchev–Trinajstić information content (AvgIpc) is 3.61. The molecular weight excluding hydrogens is 506 g/mol. The predicted molar refractivity (Wildman–Crippen MR) is 154 cm³/mol. The lowest BCUT2D eigenvalue weighted by Gasteiger charge is -2.29. The summed E-state index contributed by atoms with van der Waals surface area (Å²) in [6.45, 7) is 5.49. The lowest BCUT2D eigenvalue weighted by atomic mass is 10.1. The van der Waals surface area contributed by atoms with Crippen LogP contribution in [-0.2, 0) is 17.8 Å². The molecule has 0 radical (unpaired) electrons. The summed E-state index contributed by atoms with van der Waals surface area (Å²) in [6, 6.07) is 21.0. The van der Waals surface area contributed by atoms with Gasteiger partial charge >= 0.3 is 0 Å². The summed E-state index contributed by atoms with van der Waals surface area (Å²) in [4.78, 5) is 34.3. The molecule has 0 fully saturated rings. The van der Waals surface area contributed by atoms with E-state index in [2.05, 4.69) is 11.1 Å². The van der Waals surface area contributed by atoms with E-state index in [9.17, 15) is 9.59 Å². The van der Waals surface area contributed by atoms with Crippen LogP contribution in [0.15, 0.2) is 72.9 Å². The molecule has 0 saturated heterocycles. The number of aromatic nitrogens is 1. The fourth-order valence-corrected chi connectivity index (χ4v) is 5.06. The lowest BCUT2D eigenvalue weighted by Crippen LogP contribution is -2.44. The fraction of sp³-hybridized carbons (Fsp3) is 0.312. The van der Waals surface area contributed by atoms with E-state index in [0.29, 0.717) is 43.1 Å². The Hall–Kier alpha value is -4.46. The Morgan fingerprint density at radius 3 is 2.55 bits per heavy atom. The van der Waals surface area contributed by atoms with E-state index >= 15 is 0 Å². The molecule has 0 spiro atoms. The first-order valence-corrected chi connectivity index (χ1v) is 13.6. The van der Waals surface area contributed by atoms with Gasteiger partial charge in [-0.15, -0.1) is 0 Å². The molecule has 1 aliphatic heterocycles. The number of carbonyl (C=O) groups excluding carboxylic acids is 2. The summed E-state index contributed by atoms with van der Waals surface area (Å²) >= 11 is 0. The van der Waals surface area contributed by atoms with Crippen LogP contribution >= 0.6 is 0 Å². The molecule has 1 aromatic heterocycles. The summed E-state index contributed by atoms with van der Waals surface area (Å²) < 4.78 is 16.4. The van der Waals surface area contributed by atoms with Gasteiger partial charge in [-0.05, 0) is 48.2 Å². The van der Waals surface area contributed by atoms with Gasteiger partial charge in [0.1, 0.15) is 12.3 Å². The Kier molecular flexibility index (Phi) is 8.24. The van der Waals surface area contributed by atoms with Crippen LogP contribution in [0.2, 0.25) is 0 Å². The van der Waals surface area contributed by atoms with E-state index in [0.717, 1.165) is 27.8 Å². The third-order valence-electron chi connectivity index (χ3n) is 7.05. The van der Waals surface area contributed by atoms with Crippen molar-refractivity contribution in [2.45, 2.75) is 26.8 Å². The van der Waals surface area contributed by atoms with Crippen LogP contribution in [0.1, 0.15) is 35.3 Å². The highest BCUT2D eigenvalue weighted by atomic mass is 16.7. The molecule has 4 aromatic rings. The number of nitrogens with zero attached hydrogens (tertiary/aromatic N) is 2. The topological polar surface area (TPSA) is 84.1 Å². The predicted octanol–water partition coefficient (Wildman–Crippen LogP) is 5.27. The van der Waals surface area contributed by atoms with Gasteiger partial charge in [0.15, 0.2) is 11.5 Å². The Morgan fingerprint density at radius 1 is 0.950 bits per heavy atom. The van der Waals surface area contributed by atoms with Crippen molar-refractivity contribution >= 4 is 22.7 Å². The van der Waals surface area contributed by atoms with Crippen LogP contribution < -0.4 is 14.2 Å². The molecule has 0 aliphatic carbocycles. The molecule has 0 saturated carbocycles. The summed E-state index contributed by atoms with van der Waals surface area (Å²) in [5.74, 6) is 1.72. The number of fused-ring (bicyclic) bond motifs is 2. The van der Waals surface area contributed by atoms with Gasteiger partial charge < -0.3 is 29.0 Å². The smallest absolute Gasteiger partial charge is 0.254 e. The van der Waals surface area contributed by atoms with Crippen LogP contribution in [0.5, 0.6) is 17.2 Å². The van der Waals surface area contributed by atoms with Crippen molar-refractivity contribution in [3.63, 3.8) is 0 Å². The summed E-state index contributed by atoms with van der Waals surface area (Å²) in [5.41, 5.74) is 3.59. The highest BCUT2D eigenvalue weighted by molar-refractivity contribution is 5.97. The fourth-order valence-electron chi connectivity index (χ4n) is 5.06. The molecule has 8 heteroatoms. The summed E-state index contributed by atoms with van der Waals surface area (Å²) in [6.07, 6.45) is 2.68. The van der Waals surface area contributed by atoms with Gasteiger partial charge in [0, 0.05) is 47.9 Å². The van der Waals surface area contributed by atoms with E-state index < -0.39 is 0 Å². The maximum Gasteiger partial charge on any atom is 0.254 e. The largest absolute Gasteiger partial charge is 0.496 e. The number of carbonyl (C=O) groups is 2.